The van der Waals surface area contributed by atoms with Gasteiger partial charge in [0.1, 0.15) is 6.10 Å². The van der Waals surface area contributed by atoms with Crippen LogP contribution in [0.15, 0.2) is 23.1 Å². The maximum Gasteiger partial charge on any atom is 0.250 e. The lowest BCUT2D eigenvalue weighted by Gasteiger charge is -2.59. The first kappa shape index (κ1) is 23.1. The number of benzene rings is 1. The Bertz CT molecular complexity index is 1080. The Morgan fingerprint density at radius 3 is 2.58 bits per heavy atom. The molecule has 1 aromatic carbocycles. The van der Waals surface area contributed by atoms with Gasteiger partial charge in [-0.1, -0.05) is 17.7 Å². The van der Waals surface area contributed by atoms with E-state index < -0.39 is 21.5 Å². The molecule has 3 N–H and O–H groups in total. The molecule has 4 aliphatic carbocycles. The van der Waals surface area contributed by atoms with Gasteiger partial charge in [0, 0.05) is 29.6 Å². The van der Waals surface area contributed by atoms with E-state index in [1.807, 2.05) is 0 Å². The molecule has 1 heterocycles. The van der Waals surface area contributed by atoms with Crippen molar-refractivity contribution in [3.63, 3.8) is 0 Å². The summed E-state index contributed by atoms with van der Waals surface area (Å²) in [4.78, 5) is 25.5. The molecule has 0 aromatic heterocycles. The zero-order valence-electron chi connectivity index (χ0n) is 18.6. The third-order valence-corrected chi connectivity index (χ3v) is 10.7. The summed E-state index contributed by atoms with van der Waals surface area (Å²) in [6.45, 7) is 1.94. The van der Waals surface area contributed by atoms with Gasteiger partial charge in [-0.25, -0.2) is 8.42 Å². The highest BCUT2D eigenvalue weighted by atomic mass is 35.5. The Balaban J connectivity index is 1.29. The molecule has 33 heavy (non-hydrogen) atoms. The second-order valence-corrected chi connectivity index (χ2v) is 12.5. The van der Waals surface area contributed by atoms with E-state index in [0.717, 1.165) is 32.1 Å². The van der Waals surface area contributed by atoms with Gasteiger partial charge < -0.3 is 15.8 Å². The van der Waals surface area contributed by atoms with Crippen LogP contribution in [0.3, 0.4) is 0 Å². The van der Waals surface area contributed by atoms with E-state index in [2.05, 4.69) is 5.32 Å². The van der Waals surface area contributed by atoms with Gasteiger partial charge in [-0.05, 0) is 74.5 Å². The summed E-state index contributed by atoms with van der Waals surface area (Å²) in [6, 6.07) is 4.77. The van der Waals surface area contributed by atoms with E-state index in [4.69, 9.17) is 22.1 Å². The highest BCUT2D eigenvalue weighted by Crippen LogP contribution is 2.59. The van der Waals surface area contributed by atoms with Crippen molar-refractivity contribution < 1.29 is 22.7 Å². The number of nitrogens with zero attached hydrogens (tertiary/aromatic N) is 1. The molecule has 10 heteroatoms. The second-order valence-electron chi connectivity index (χ2n) is 10.2. The Kier molecular flexibility index (Phi) is 5.75. The molecule has 2 amide bonds. The van der Waals surface area contributed by atoms with Crippen molar-refractivity contribution in [2.75, 3.05) is 19.7 Å². The van der Waals surface area contributed by atoms with Crippen LogP contribution in [-0.2, 0) is 24.3 Å². The summed E-state index contributed by atoms with van der Waals surface area (Å²) in [5.41, 5.74) is 5.83. The molecule has 5 aliphatic rings. The van der Waals surface area contributed by atoms with Crippen molar-refractivity contribution in [1.82, 2.24) is 9.62 Å². The number of morpholine rings is 1. The van der Waals surface area contributed by atoms with E-state index in [-0.39, 0.29) is 54.3 Å². The topological polar surface area (TPSA) is 119 Å². The smallest absolute Gasteiger partial charge is 0.250 e. The van der Waals surface area contributed by atoms with Crippen LogP contribution in [0.25, 0.3) is 0 Å². The number of carbonyl (C=O) groups is 2. The molecule has 5 fully saturated rings. The molecular weight excluding hydrogens is 466 g/mol. The van der Waals surface area contributed by atoms with Crippen LogP contribution in [0.4, 0.5) is 0 Å². The number of nitrogens with one attached hydrogen (secondary N) is 1. The molecule has 3 atom stereocenters. The fourth-order valence-corrected chi connectivity index (χ4v) is 8.73. The van der Waals surface area contributed by atoms with Gasteiger partial charge >= 0.3 is 0 Å². The molecule has 4 saturated carbocycles. The van der Waals surface area contributed by atoms with Gasteiger partial charge in [-0.2, -0.15) is 4.31 Å². The zero-order valence-corrected chi connectivity index (χ0v) is 20.2. The highest BCUT2D eigenvalue weighted by molar-refractivity contribution is 7.89. The standard InChI is InChI=1S/C23H30ClN3O5S/c1-13-17(24)3-2-4-19(13)33(30,31)27-5-6-32-18(12-27)21(28)26-20-15-7-14-8-16(20)11-23(9-14,10-15)22(25)29/h2-4,14-16,18,20H,5-12H2,1H3,(H2,25,29)(H,26,28). The molecule has 1 aliphatic heterocycles. The average Bonchev–Trinajstić information content (AvgIpc) is 2.77. The van der Waals surface area contributed by atoms with E-state index >= 15 is 0 Å². The predicted molar refractivity (Wildman–Crippen MR) is 122 cm³/mol. The van der Waals surface area contributed by atoms with Crippen molar-refractivity contribution in [3.05, 3.63) is 28.8 Å². The van der Waals surface area contributed by atoms with Crippen LogP contribution >= 0.6 is 11.6 Å². The number of halogens is 1. The number of rotatable bonds is 5. The lowest BCUT2D eigenvalue weighted by atomic mass is 9.47. The average molecular weight is 496 g/mol. The molecular formula is C23H30ClN3O5S. The van der Waals surface area contributed by atoms with Crippen molar-refractivity contribution in [2.45, 2.75) is 56.1 Å². The van der Waals surface area contributed by atoms with Crippen LogP contribution in [-0.4, -0.2) is 56.4 Å². The Morgan fingerprint density at radius 2 is 1.91 bits per heavy atom. The monoisotopic (exact) mass is 495 g/mol. The lowest BCUT2D eigenvalue weighted by molar-refractivity contribution is -0.150. The van der Waals surface area contributed by atoms with Crippen molar-refractivity contribution in [3.8, 4) is 0 Å². The summed E-state index contributed by atoms with van der Waals surface area (Å²) in [7, 11) is -3.81. The maximum atomic E-state index is 13.3. The third kappa shape index (κ3) is 3.87. The summed E-state index contributed by atoms with van der Waals surface area (Å²) in [6.07, 6.45) is 3.43. The lowest BCUT2D eigenvalue weighted by Crippen LogP contribution is -2.63. The predicted octanol–water partition coefficient (Wildman–Crippen LogP) is 1.83. The number of hydrogen-bond acceptors (Lipinski definition) is 5. The largest absolute Gasteiger partial charge is 0.369 e. The quantitative estimate of drug-likeness (QED) is 0.646. The first-order valence-electron chi connectivity index (χ1n) is 11.6. The van der Waals surface area contributed by atoms with Gasteiger partial charge in [-0.3, -0.25) is 9.59 Å². The summed E-state index contributed by atoms with van der Waals surface area (Å²) in [5.74, 6) is 0.453. The summed E-state index contributed by atoms with van der Waals surface area (Å²) < 4.78 is 33.5. The van der Waals surface area contributed by atoms with Crippen LogP contribution in [0, 0.1) is 30.1 Å². The number of sulfonamides is 1. The second kappa shape index (κ2) is 8.22. The fourth-order valence-electron chi connectivity index (χ4n) is 6.83. The molecule has 8 nitrogen and oxygen atoms in total. The van der Waals surface area contributed by atoms with Crippen molar-refractivity contribution >= 4 is 33.4 Å². The minimum absolute atomic E-state index is 0.0210. The van der Waals surface area contributed by atoms with Crippen LogP contribution in [0.1, 0.15) is 37.7 Å². The SMILES string of the molecule is Cc1c(Cl)cccc1S(=O)(=O)N1CCOC(C(=O)NC2C3CC4CC2CC(C(N)=O)(C4)C3)C1. The number of ether oxygens (including phenoxy) is 1. The summed E-state index contributed by atoms with van der Waals surface area (Å²) >= 11 is 6.13. The van der Waals surface area contributed by atoms with E-state index in [1.165, 1.54) is 10.4 Å². The number of carbonyl (C=O) groups excluding carboxylic acids is 2. The van der Waals surface area contributed by atoms with Crippen LogP contribution < -0.4 is 11.1 Å². The minimum Gasteiger partial charge on any atom is -0.369 e. The molecule has 180 valence electrons. The molecule has 0 radical (unpaired) electrons. The Morgan fingerprint density at radius 1 is 1.21 bits per heavy atom. The highest BCUT2D eigenvalue weighted by Gasteiger charge is 2.58. The number of amides is 2. The van der Waals surface area contributed by atoms with Crippen molar-refractivity contribution in [2.24, 2.45) is 28.9 Å². The van der Waals surface area contributed by atoms with E-state index in [1.54, 1.807) is 19.1 Å². The summed E-state index contributed by atoms with van der Waals surface area (Å²) in [5, 5.41) is 3.55. The molecule has 0 spiro atoms. The number of hydrogen-bond donors (Lipinski definition) is 2. The first-order valence-corrected chi connectivity index (χ1v) is 13.4. The van der Waals surface area contributed by atoms with Crippen LogP contribution in [0.2, 0.25) is 5.02 Å². The third-order valence-electron chi connectivity index (χ3n) is 8.26. The van der Waals surface area contributed by atoms with Gasteiger partial charge in [0.2, 0.25) is 15.9 Å². The zero-order chi connectivity index (χ0) is 23.5. The maximum absolute atomic E-state index is 13.3. The van der Waals surface area contributed by atoms with Gasteiger partial charge in [-0.15, -0.1) is 0 Å². The molecule has 1 aromatic rings. The van der Waals surface area contributed by atoms with Gasteiger partial charge in [0.15, 0.2) is 0 Å². The normalized spacial score (nSPS) is 36.0. The molecule has 6 rings (SSSR count). The van der Waals surface area contributed by atoms with Gasteiger partial charge in [0.25, 0.3) is 5.91 Å². The van der Waals surface area contributed by atoms with Crippen LogP contribution in [0.5, 0.6) is 0 Å². The number of nitrogens with two attached hydrogens (primary N) is 1. The number of primary amides is 1. The van der Waals surface area contributed by atoms with E-state index in [9.17, 15) is 18.0 Å². The van der Waals surface area contributed by atoms with E-state index in [0.29, 0.717) is 16.5 Å². The molecule has 1 saturated heterocycles. The first-order chi connectivity index (χ1) is 15.6. The fraction of sp³-hybridized carbons (Fsp3) is 0.652. The van der Waals surface area contributed by atoms with Crippen molar-refractivity contribution in [1.29, 1.82) is 0 Å². The Hall–Kier alpha value is -1.68. The molecule has 3 unspecified atom stereocenters. The Labute approximate surface area is 199 Å². The molecule has 4 bridgehead atoms. The minimum atomic E-state index is -3.81. The van der Waals surface area contributed by atoms with Gasteiger partial charge in [0.05, 0.1) is 11.5 Å².